The summed E-state index contributed by atoms with van der Waals surface area (Å²) in [4.78, 5) is 11.3. The number of para-hydroxylation sites is 1. The standard InChI is InChI=1S/C15H18N2O3/c1-10(11-6-8-20-9-7-11)17-13-5-3-2-4-12(13)14(16-17)15(18)19/h2-5,10-11H,6-9H2,1H3,(H,18,19). The van der Waals surface area contributed by atoms with Crippen LogP contribution in [0.3, 0.4) is 0 Å². The molecule has 5 nitrogen and oxygen atoms in total. The number of aromatic carboxylic acids is 1. The van der Waals surface area contributed by atoms with E-state index in [1.807, 2.05) is 28.9 Å². The highest BCUT2D eigenvalue weighted by Gasteiger charge is 2.25. The summed E-state index contributed by atoms with van der Waals surface area (Å²) in [6.07, 6.45) is 2.00. The van der Waals surface area contributed by atoms with Gasteiger partial charge in [-0.2, -0.15) is 5.10 Å². The molecule has 1 fully saturated rings. The van der Waals surface area contributed by atoms with Crippen LogP contribution in [0.4, 0.5) is 0 Å². The summed E-state index contributed by atoms with van der Waals surface area (Å²) in [5.41, 5.74) is 1.03. The first-order valence-electron chi connectivity index (χ1n) is 6.97. The number of carboxylic acids is 1. The fraction of sp³-hybridized carbons (Fsp3) is 0.467. The number of hydrogen-bond donors (Lipinski definition) is 1. The van der Waals surface area contributed by atoms with E-state index in [2.05, 4.69) is 12.0 Å². The van der Waals surface area contributed by atoms with Gasteiger partial charge in [-0.3, -0.25) is 4.68 Å². The predicted octanol–water partition coefficient (Wildman–Crippen LogP) is 2.72. The van der Waals surface area contributed by atoms with Gasteiger partial charge in [0, 0.05) is 18.6 Å². The smallest absolute Gasteiger partial charge is 0.357 e. The first-order chi connectivity index (χ1) is 9.68. The van der Waals surface area contributed by atoms with Crippen LogP contribution in [0.2, 0.25) is 0 Å². The van der Waals surface area contributed by atoms with E-state index in [1.165, 1.54) is 0 Å². The van der Waals surface area contributed by atoms with Crippen LogP contribution in [-0.4, -0.2) is 34.1 Å². The van der Waals surface area contributed by atoms with Gasteiger partial charge in [-0.05, 0) is 31.7 Å². The lowest BCUT2D eigenvalue weighted by molar-refractivity contribution is 0.0499. The van der Waals surface area contributed by atoms with Crippen LogP contribution in [0.1, 0.15) is 36.3 Å². The Morgan fingerprint density at radius 2 is 2.10 bits per heavy atom. The van der Waals surface area contributed by atoms with E-state index in [4.69, 9.17) is 4.74 Å². The van der Waals surface area contributed by atoms with Crippen LogP contribution in [0, 0.1) is 5.92 Å². The second kappa shape index (κ2) is 5.25. The van der Waals surface area contributed by atoms with Gasteiger partial charge in [-0.25, -0.2) is 4.79 Å². The zero-order chi connectivity index (χ0) is 14.1. The average Bonchev–Trinajstić information content (AvgIpc) is 2.87. The van der Waals surface area contributed by atoms with Crippen LogP contribution < -0.4 is 0 Å². The van der Waals surface area contributed by atoms with Gasteiger partial charge in [-0.15, -0.1) is 0 Å². The summed E-state index contributed by atoms with van der Waals surface area (Å²) in [7, 11) is 0. The van der Waals surface area contributed by atoms with Crippen molar-refractivity contribution < 1.29 is 14.6 Å². The zero-order valence-electron chi connectivity index (χ0n) is 11.5. The molecule has 106 valence electrons. The summed E-state index contributed by atoms with van der Waals surface area (Å²) in [5.74, 6) is -0.493. The van der Waals surface area contributed by atoms with E-state index in [0.29, 0.717) is 11.3 Å². The Labute approximate surface area is 117 Å². The van der Waals surface area contributed by atoms with Gasteiger partial charge in [0.05, 0.1) is 11.6 Å². The van der Waals surface area contributed by atoms with Gasteiger partial charge in [-0.1, -0.05) is 18.2 Å². The predicted molar refractivity (Wildman–Crippen MR) is 74.9 cm³/mol. The Morgan fingerprint density at radius 3 is 2.80 bits per heavy atom. The molecule has 1 aromatic carbocycles. The minimum atomic E-state index is -0.973. The molecular formula is C15H18N2O3. The van der Waals surface area contributed by atoms with Gasteiger partial charge >= 0.3 is 5.97 Å². The van der Waals surface area contributed by atoms with Crippen LogP contribution >= 0.6 is 0 Å². The second-order valence-electron chi connectivity index (χ2n) is 5.31. The topological polar surface area (TPSA) is 64.4 Å². The average molecular weight is 274 g/mol. The van der Waals surface area contributed by atoms with Crippen molar-refractivity contribution in [2.24, 2.45) is 5.92 Å². The summed E-state index contributed by atoms with van der Waals surface area (Å²) >= 11 is 0. The summed E-state index contributed by atoms with van der Waals surface area (Å²) < 4.78 is 7.26. The van der Waals surface area contributed by atoms with Crippen LogP contribution in [-0.2, 0) is 4.74 Å². The van der Waals surface area contributed by atoms with E-state index < -0.39 is 5.97 Å². The van der Waals surface area contributed by atoms with Crippen molar-refractivity contribution in [3.63, 3.8) is 0 Å². The van der Waals surface area contributed by atoms with Gasteiger partial charge < -0.3 is 9.84 Å². The molecule has 1 unspecified atom stereocenters. The van der Waals surface area contributed by atoms with E-state index in [9.17, 15) is 9.90 Å². The largest absolute Gasteiger partial charge is 0.476 e. The summed E-state index contributed by atoms with van der Waals surface area (Å²) in [6, 6.07) is 7.70. The molecule has 5 heteroatoms. The van der Waals surface area contributed by atoms with E-state index in [0.717, 1.165) is 31.6 Å². The first-order valence-corrected chi connectivity index (χ1v) is 6.97. The van der Waals surface area contributed by atoms with E-state index in [1.54, 1.807) is 0 Å². The fourth-order valence-electron chi connectivity index (χ4n) is 2.96. The maximum Gasteiger partial charge on any atom is 0.357 e. The highest BCUT2D eigenvalue weighted by molar-refractivity contribution is 6.01. The molecule has 0 bridgehead atoms. The molecule has 20 heavy (non-hydrogen) atoms. The molecule has 0 aliphatic carbocycles. The van der Waals surface area contributed by atoms with Crippen molar-refractivity contribution in [1.29, 1.82) is 0 Å². The number of rotatable bonds is 3. The molecule has 1 N–H and O–H groups in total. The maximum atomic E-state index is 11.3. The van der Waals surface area contributed by atoms with Gasteiger partial charge in [0.15, 0.2) is 5.69 Å². The number of hydrogen-bond acceptors (Lipinski definition) is 3. The first kappa shape index (κ1) is 13.1. The molecule has 3 rings (SSSR count). The van der Waals surface area contributed by atoms with Crippen molar-refractivity contribution in [1.82, 2.24) is 9.78 Å². The number of ether oxygens (including phenoxy) is 1. The van der Waals surface area contributed by atoms with Crippen molar-refractivity contribution >= 4 is 16.9 Å². The molecule has 1 aromatic heterocycles. The van der Waals surface area contributed by atoms with Gasteiger partial charge in [0.1, 0.15) is 0 Å². The lowest BCUT2D eigenvalue weighted by Gasteiger charge is -2.28. The maximum absolute atomic E-state index is 11.3. The third-order valence-electron chi connectivity index (χ3n) is 4.15. The Kier molecular flexibility index (Phi) is 3.44. The highest BCUT2D eigenvalue weighted by Crippen LogP contribution is 2.30. The molecule has 2 aromatic rings. The number of carbonyl (C=O) groups is 1. The van der Waals surface area contributed by atoms with Crippen molar-refractivity contribution in [3.8, 4) is 0 Å². The molecule has 0 spiro atoms. The van der Waals surface area contributed by atoms with Crippen LogP contribution in [0.5, 0.6) is 0 Å². The number of fused-ring (bicyclic) bond motifs is 1. The van der Waals surface area contributed by atoms with Gasteiger partial charge in [0.2, 0.25) is 0 Å². The molecule has 1 atom stereocenters. The molecule has 1 saturated heterocycles. The molecule has 0 saturated carbocycles. The second-order valence-corrected chi connectivity index (χ2v) is 5.31. The van der Waals surface area contributed by atoms with Gasteiger partial charge in [0.25, 0.3) is 0 Å². The highest BCUT2D eigenvalue weighted by atomic mass is 16.5. The number of benzene rings is 1. The van der Waals surface area contributed by atoms with Crippen molar-refractivity contribution in [3.05, 3.63) is 30.0 Å². The molecule has 1 aliphatic rings. The normalized spacial score (nSPS) is 18.2. The Bertz CT molecular complexity index is 629. The Morgan fingerprint density at radius 1 is 1.40 bits per heavy atom. The van der Waals surface area contributed by atoms with Crippen LogP contribution in [0.15, 0.2) is 24.3 Å². The van der Waals surface area contributed by atoms with Crippen LogP contribution in [0.25, 0.3) is 10.9 Å². The monoisotopic (exact) mass is 274 g/mol. The van der Waals surface area contributed by atoms with E-state index in [-0.39, 0.29) is 11.7 Å². The number of aromatic nitrogens is 2. The Balaban J connectivity index is 2.04. The summed E-state index contributed by atoms with van der Waals surface area (Å²) in [6.45, 7) is 3.67. The lowest BCUT2D eigenvalue weighted by Crippen LogP contribution is -2.24. The fourth-order valence-corrected chi connectivity index (χ4v) is 2.96. The van der Waals surface area contributed by atoms with Crippen molar-refractivity contribution in [2.45, 2.75) is 25.8 Å². The summed E-state index contributed by atoms with van der Waals surface area (Å²) in [5, 5.41) is 14.3. The van der Waals surface area contributed by atoms with Crippen molar-refractivity contribution in [2.75, 3.05) is 13.2 Å². The third-order valence-corrected chi connectivity index (χ3v) is 4.15. The molecule has 0 amide bonds. The minimum Gasteiger partial charge on any atom is -0.476 e. The molecular weight excluding hydrogens is 256 g/mol. The zero-order valence-corrected chi connectivity index (χ0v) is 11.5. The Hall–Kier alpha value is -1.88. The molecule has 1 aliphatic heterocycles. The number of carboxylic acid groups (broad SMARTS) is 1. The minimum absolute atomic E-state index is 0.138. The molecule has 2 heterocycles. The quantitative estimate of drug-likeness (QED) is 0.934. The van der Waals surface area contributed by atoms with E-state index >= 15 is 0 Å². The lowest BCUT2D eigenvalue weighted by atomic mass is 9.93. The number of nitrogens with zero attached hydrogens (tertiary/aromatic N) is 2. The third kappa shape index (κ3) is 2.18. The molecule has 0 radical (unpaired) electrons. The SMILES string of the molecule is CC(C1CCOCC1)n1nc(C(=O)O)c2ccccc21.